The molecule has 3 heterocycles. The first kappa shape index (κ1) is 22.9. The van der Waals surface area contributed by atoms with Crippen LogP contribution in [0.5, 0.6) is 0 Å². The molecule has 1 N–H and O–H groups in total. The zero-order valence-electron chi connectivity index (χ0n) is 15.7. The normalized spacial score (nSPS) is 20.2. The summed E-state index contributed by atoms with van der Waals surface area (Å²) in [5, 5.41) is 8.67. The Kier molecular flexibility index (Phi) is 8.07. The molecule has 0 aromatic carbocycles. The van der Waals surface area contributed by atoms with Crippen molar-refractivity contribution in [3.05, 3.63) is 33.5 Å². The lowest BCUT2D eigenvalue weighted by Crippen LogP contribution is -2.37. The maximum Gasteiger partial charge on any atom is 0.227 e. The van der Waals surface area contributed by atoms with Crippen LogP contribution in [0, 0.1) is 19.8 Å². The third-order valence-electron chi connectivity index (χ3n) is 4.93. The van der Waals surface area contributed by atoms with Crippen LogP contribution in [0.25, 0.3) is 0 Å². The second-order valence-corrected chi connectivity index (χ2v) is 7.86. The first-order chi connectivity index (χ1) is 11.4. The van der Waals surface area contributed by atoms with Gasteiger partial charge in [0.1, 0.15) is 0 Å². The molecule has 1 amide bonds. The minimum Gasteiger partial charge on any atom is -0.338 e. The van der Waals surface area contributed by atoms with Crippen molar-refractivity contribution < 1.29 is 4.79 Å². The highest BCUT2D eigenvalue weighted by atomic mass is 35.5. The van der Waals surface area contributed by atoms with Gasteiger partial charge in [0.15, 0.2) is 0 Å². The van der Waals surface area contributed by atoms with Crippen LogP contribution in [-0.4, -0.2) is 45.7 Å². The highest BCUT2D eigenvalue weighted by Gasteiger charge is 2.37. The van der Waals surface area contributed by atoms with Crippen molar-refractivity contribution in [2.75, 3.05) is 20.1 Å². The van der Waals surface area contributed by atoms with E-state index in [-0.39, 0.29) is 48.6 Å². The molecular weight excluding hydrogens is 393 g/mol. The van der Waals surface area contributed by atoms with Gasteiger partial charge in [0.05, 0.1) is 28.9 Å². The fraction of sp³-hybridized carbons (Fsp3) is 0.588. The molecule has 0 bridgehead atoms. The van der Waals surface area contributed by atoms with Gasteiger partial charge in [0.2, 0.25) is 5.91 Å². The number of hydrogen-bond donors (Lipinski definition) is 1. The predicted molar refractivity (Wildman–Crippen MR) is 110 cm³/mol. The van der Waals surface area contributed by atoms with Crippen molar-refractivity contribution in [3.63, 3.8) is 0 Å². The summed E-state index contributed by atoms with van der Waals surface area (Å²) < 4.78 is 1.80. The first-order valence-corrected chi connectivity index (χ1v) is 9.10. The van der Waals surface area contributed by atoms with E-state index in [4.69, 9.17) is 0 Å². The molecule has 146 valence electrons. The third kappa shape index (κ3) is 4.39. The molecule has 1 aliphatic heterocycles. The molecule has 2 aromatic heterocycles. The standard InChI is InChI=1S/C17H25N5OS.2ClH/c1-10-16(24-12(3)20-10)11(2)22(5)17(23)15-8-18-7-14(15)13-6-19-21(4)9-13;;/h6,9,11,14-15,18H,7-8H2,1-5H3;2*1H/t11?,14-,15+;;/m1../s1. The SMILES string of the molecule is Cc1nc(C)c(C(C)N(C)C(=O)[C@H]2CNC[C@@H]2c2cnn(C)c2)s1.Cl.Cl. The molecule has 1 fully saturated rings. The maximum absolute atomic E-state index is 13.1. The molecule has 0 aliphatic carbocycles. The van der Waals surface area contributed by atoms with Crippen molar-refractivity contribution >= 4 is 42.1 Å². The van der Waals surface area contributed by atoms with Crippen LogP contribution >= 0.6 is 36.2 Å². The summed E-state index contributed by atoms with van der Waals surface area (Å²) in [5.41, 5.74) is 2.16. The fourth-order valence-electron chi connectivity index (χ4n) is 3.48. The van der Waals surface area contributed by atoms with E-state index in [1.54, 1.807) is 16.0 Å². The Morgan fingerprint density at radius 1 is 1.38 bits per heavy atom. The Balaban J connectivity index is 0.00000169. The number of thiazole rings is 1. The quantitative estimate of drug-likeness (QED) is 0.827. The van der Waals surface area contributed by atoms with Gasteiger partial charge in [0, 0.05) is 44.2 Å². The lowest BCUT2D eigenvalue weighted by atomic mass is 9.89. The molecule has 1 unspecified atom stereocenters. The third-order valence-corrected chi connectivity index (χ3v) is 6.17. The Morgan fingerprint density at radius 2 is 2.08 bits per heavy atom. The van der Waals surface area contributed by atoms with Crippen LogP contribution in [0.3, 0.4) is 0 Å². The Bertz CT molecular complexity index is 747. The van der Waals surface area contributed by atoms with E-state index in [0.29, 0.717) is 0 Å². The number of carbonyl (C=O) groups is 1. The number of nitrogens with zero attached hydrogens (tertiary/aromatic N) is 4. The number of rotatable bonds is 4. The van der Waals surface area contributed by atoms with Crippen molar-refractivity contribution in [1.29, 1.82) is 0 Å². The molecule has 3 atom stereocenters. The fourth-order valence-corrected chi connectivity index (χ4v) is 4.51. The maximum atomic E-state index is 13.1. The van der Waals surface area contributed by atoms with Crippen molar-refractivity contribution in [1.82, 2.24) is 25.0 Å². The van der Waals surface area contributed by atoms with Crippen molar-refractivity contribution in [2.45, 2.75) is 32.7 Å². The van der Waals surface area contributed by atoms with E-state index in [2.05, 4.69) is 22.3 Å². The van der Waals surface area contributed by atoms with E-state index in [1.807, 2.05) is 45.2 Å². The predicted octanol–water partition coefficient (Wildman–Crippen LogP) is 2.86. The van der Waals surface area contributed by atoms with Crippen LogP contribution in [0.1, 0.15) is 40.0 Å². The summed E-state index contributed by atoms with van der Waals surface area (Å²) in [4.78, 5) is 20.7. The monoisotopic (exact) mass is 419 g/mol. The van der Waals surface area contributed by atoms with E-state index in [1.165, 1.54) is 4.88 Å². The summed E-state index contributed by atoms with van der Waals surface area (Å²) in [6, 6.07) is 0.0406. The number of hydrogen-bond acceptors (Lipinski definition) is 5. The van der Waals surface area contributed by atoms with E-state index >= 15 is 0 Å². The number of carbonyl (C=O) groups excluding carboxylic acids is 1. The van der Waals surface area contributed by atoms with Gasteiger partial charge in [-0.15, -0.1) is 36.2 Å². The molecule has 9 heteroatoms. The lowest BCUT2D eigenvalue weighted by Gasteiger charge is -2.29. The molecule has 0 saturated carbocycles. The Hall–Kier alpha value is -1.15. The summed E-state index contributed by atoms with van der Waals surface area (Å²) in [5.74, 6) is 0.327. The largest absolute Gasteiger partial charge is 0.338 e. The highest BCUT2D eigenvalue weighted by molar-refractivity contribution is 7.11. The number of halogens is 2. The number of amides is 1. The van der Waals surface area contributed by atoms with Gasteiger partial charge < -0.3 is 10.2 Å². The molecule has 3 rings (SSSR count). The minimum absolute atomic E-state index is 0. The molecule has 1 aliphatic rings. The van der Waals surface area contributed by atoms with E-state index < -0.39 is 0 Å². The van der Waals surface area contributed by atoms with Crippen molar-refractivity contribution in [2.24, 2.45) is 13.0 Å². The molecule has 0 radical (unpaired) electrons. The second-order valence-electron chi connectivity index (χ2n) is 6.63. The molecule has 1 saturated heterocycles. The summed E-state index contributed by atoms with van der Waals surface area (Å²) in [6.07, 6.45) is 3.89. The van der Waals surface area contributed by atoms with Gasteiger partial charge in [-0.05, 0) is 26.3 Å². The second kappa shape index (κ2) is 9.17. The van der Waals surface area contributed by atoms with E-state index in [0.717, 1.165) is 29.4 Å². The van der Waals surface area contributed by atoms with Crippen LogP contribution in [0.4, 0.5) is 0 Å². The zero-order valence-corrected chi connectivity index (χ0v) is 18.2. The van der Waals surface area contributed by atoms with Gasteiger partial charge in [-0.2, -0.15) is 5.10 Å². The van der Waals surface area contributed by atoms with Gasteiger partial charge in [-0.25, -0.2) is 4.98 Å². The number of nitrogens with one attached hydrogen (secondary N) is 1. The molecule has 26 heavy (non-hydrogen) atoms. The van der Waals surface area contributed by atoms with Gasteiger partial charge >= 0.3 is 0 Å². The minimum atomic E-state index is -0.0454. The molecule has 6 nitrogen and oxygen atoms in total. The van der Waals surface area contributed by atoms with Crippen molar-refractivity contribution in [3.8, 4) is 0 Å². The van der Waals surface area contributed by atoms with Crippen LogP contribution in [-0.2, 0) is 11.8 Å². The molecular formula is C17H27Cl2N5OS. The Morgan fingerprint density at radius 3 is 2.62 bits per heavy atom. The zero-order chi connectivity index (χ0) is 17.4. The summed E-state index contributed by atoms with van der Waals surface area (Å²) in [7, 11) is 3.81. The highest BCUT2D eigenvalue weighted by Crippen LogP contribution is 2.33. The van der Waals surface area contributed by atoms with Gasteiger partial charge in [0.25, 0.3) is 0 Å². The average Bonchev–Trinajstić information content (AvgIpc) is 3.24. The first-order valence-electron chi connectivity index (χ1n) is 8.28. The average molecular weight is 420 g/mol. The number of aromatic nitrogens is 3. The van der Waals surface area contributed by atoms with Gasteiger partial charge in [-0.3, -0.25) is 9.48 Å². The van der Waals surface area contributed by atoms with Crippen LogP contribution in [0.15, 0.2) is 12.4 Å². The number of aryl methyl sites for hydroxylation is 3. The van der Waals surface area contributed by atoms with Crippen LogP contribution in [0.2, 0.25) is 0 Å². The topological polar surface area (TPSA) is 63.1 Å². The summed E-state index contributed by atoms with van der Waals surface area (Å²) in [6.45, 7) is 7.65. The smallest absolute Gasteiger partial charge is 0.227 e. The lowest BCUT2D eigenvalue weighted by molar-refractivity contribution is -0.135. The van der Waals surface area contributed by atoms with E-state index in [9.17, 15) is 4.79 Å². The van der Waals surface area contributed by atoms with Gasteiger partial charge in [-0.1, -0.05) is 0 Å². The molecule has 2 aromatic rings. The van der Waals surface area contributed by atoms with Crippen LogP contribution < -0.4 is 5.32 Å². The summed E-state index contributed by atoms with van der Waals surface area (Å²) >= 11 is 1.68. The Labute approximate surface area is 171 Å². The molecule has 0 spiro atoms.